The van der Waals surface area contributed by atoms with E-state index in [0.29, 0.717) is 6.61 Å². The maximum absolute atomic E-state index is 8.86. The van der Waals surface area contributed by atoms with Crippen LogP contribution in [0.2, 0.25) is 0 Å². The fourth-order valence-electron chi connectivity index (χ4n) is 0.951. The van der Waals surface area contributed by atoms with E-state index in [2.05, 4.69) is 5.38 Å². The van der Waals surface area contributed by atoms with Gasteiger partial charge in [0, 0.05) is 10.8 Å². The molecule has 60 valence electrons. The highest BCUT2D eigenvalue weighted by atomic mass is 32.2. The van der Waals surface area contributed by atoms with E-state index in [1.807, 2.05) is 5.38 Å². The fraction of sp³-hybridized carbons (Fsp3) is 0.429. The van der Waals surface area contributed by atoms with E-state index in [-0.39, 0.29) is 11.9 Å². The Labute approximate surface area is 73.2 Å². The second kappa shape index (κ2) is 3.05. The lowest BCUT2D eigenvalue weighted by atomic mass is 10.4. The average Bonchev–Trinajstić information content (AvgIpc) is 2.50. The molecule has 1 aromatic rings. The Morgan fingerprint density at radius 1 is 1.64 bits per heavy atom. The third kappa shape index (κ3) is 1.38. The van der Waals surface area contributed by atoms with Gasteiger partial charge in [-0.2, -0.15) is 0 Å². The summed E-state index contributed by atoms with van der Waals surface area (Å²) in [6.07, 6.45) is 0. The van der Waals surface area contributed by atoms with Crippen molar-refractivity contribution in [2.45, 2.75) is 10.1 Å². The van der Waals surface area contributed by atoms with Crippen LogP contribution in [0.5, 0.6) is 5.75 Å². The van der Waals surface area contributed by atoms with Crippen LogP contribution in [-0.2, 0) is 0 Å². The highest BCUT2D eigenvalue weighted by molar-refractivity contribution is 8.00. The zero-order valence-electron chi connectivity index (χ0n) is 5.82. The summed E-state index contributed by atoms with van der Waals surface area (Å²) in [5.74, 6) is 0.977. The molecule has 1 atom stereocenters. The minimum absolute atomic E-state index is 0.194. The van der Waals surface area contributed by atoms with E-state index in [1.54, 1.807) is 23.1 Å². The molecule has 0 spiro atoms. The number of aliphatic hydroxyl groups is 1. The van der Waals surface area contributed by atoms with Gasteiger partial charge in [0.15, 0.2) is 0 Å². The Morgan fingerprint density at radius 3 is 3.36 bits per heavy atom. The molecule has 1 aromatic heterocycles. The van der Waals surface area contributed by atoms with Gasteiger partial charge < -0.3 is 9.84 Å². The van der Waals surface area contributed by atoms with Crippen molar-refractivity contribution in [2.75, 3.05) is 13.2 Å². The monoisotopic (exact) mass is 188 g/mol. The zero-order valence-corrected chi connectivity index (χ0v) is 7.45. The maximum Gasteiger partial charge on any atom is 0.143 e. The molecule has 1 N–H and O–H groups in total. The first-order chi connectivity index (χ1) is 5.40. The number of hydrogen-bond donors (Lipinski definition) is 1. The van der Waals surface area contributed by atoms with Crippen LogP contribution in [0, 0.1) is 0 Å². The van der Waals surface area contributed by atoms with Gasteiger partial charge in [-0.05, 0) is 0 Å². The predicted molar refractivity (Wildman–Crippen MR) is 46.5 cm³/mol. The molecule has 0 aromatic carbocycles. The molecule has 11 heavy (non-hydrogen) atoms. The molecule has 0 aliphatic carbocycles. The summed E-state index contributed by atoms with van der Waals surface area (Å²) in [7, 11) is 0. The lowest BCUT2D eigenvalue weighted by molar-refractivity contribution is 0.233. The van der Waals surface area contributed by atoms with Crippen molar-refractivity contribution in [1.82, 2.24) is 0 Å². The quantitative estimate of drug-likeness (QED) is 0.725. The normalized spacial score (nSPS) is 22.5. The van der Waals surface area contributed by atoms with Gasteiger partial charge in [0.25, 0.3) is 0 Å². The van der Waals surface area contributed by atoms with Crippen LogP contribution in [0.3, 0.4) is 0 Å². The summed E-state index contributed by atoms with van der Waals surface area (Å²) in [6, 6.07) is 0. The molecule has 2 heterocycles. The van der Waals surface area contributed by atoms with E-state index < -0.39 is 0 Å². The first kappa shape index (κ1) is 7.46. The van der Waals surface area contributed by atoms with Gasteiger partial charge in [-0.25, -0.2) is 0 Å². The van der Waals surface area contributed by atoms with Crippen molar-refractivity contribution < 1.29 is 9.84 Å². The predicted octanol–water partition coefficient (Wildman–Crippen LogP) is 1.59. The topological polar surface area (TPSA) is 29.5 Å². The number of rotatable bonds is 1. The Bertz CT molecular complexity index is 246. The van der Waals surface area contributed by atoms with Crippen molar-refractivity contribution >= 4 is 23.1 Å². The van der Waals surface area contributed by atoms with Gasteiger partial charge in [-0.1, -0.05) is 0 Å². The fourth-order valence-corrected chi connectivity index (χ4v) is 2.84. The third-order valence-electron chi connectivity index (χ3n) is 1.52. The molecular weight excluding hydrogens is 180 g/mol. The smallest absolute Gasteiger partial charge is 0.143 e. The number of aliphatic hydroxyl groups excluding tert-OH is 1. The van der Waals surface area contributed by atoms with E-state index in [9.17, 15) is 0 Å². The van der Waals surface area contributed by atoms with Crippen molar-refractivity contribution in [1.29, 1.82) is 0 Å². The summed E-state index contributed by atoms with van der Waals surface area (Å²) >= 11 is 3.34. The standard InChI is InChI=1S/C7H8O2S2/c8-1-5-2-9-6-3-10-4-7(6)11-5/h3-5,8H,1-2H2. The molecule has 0 saturated carbocycles. The first-order valence-electron chi connectivity index (χ1n) is 3.36. The van der Waals surface area contributed by atoms with Crippen molar-refractivity contribution in [3.63, 3.8) is 0 Å². The minimum Gasteiger partial charge on any atom is -0.490 e. The van der Waals surface area contributed by atoms with Crippen LogP contribution in [0.1, 0.15) is 0 Å². The van der Waals surface area contributed by atoms with Crippen LogP contribution >= 0.6 is 23.1 Å². The molecule has 1 unspecified atom stereocenters. The number of thioether (sulfide) groups is 1. The number of fused-ring (bicyclic) bond motifs is 1. The van der Waals surface area contributed by atoms with E-state index >= 15 is 0 Å². The third-order valence-corrected chi connectivity index (χ3v) is 3.58. The first-order valence-corrected chi connectivity index (χ1v) is 5.19. The van der Waals surface area contributed by atoms with Gasteiger partial charge in [-0.15, -0.1) is 23.1 Å². The SMILES string of the molecule is OCC1COc2cscc2S1. The molecule has 0 radical (unpaired) electrons. The summed E-state index contributed by atoms with van der Waals surface area (Å²) < 4.78 is 5.40. The highest BCUT2D eigenvalue weighted by Gasteiger charge is 2.19. The molecule has 0 bridgehead atoms. The Hall–Kier alpha value is -0.190. The summed E-state index contributed by atoms with van der Waals surface area (Å²) in [6.45, 7) is 0.824. The Morgan fingerprint density at radius 2 is 2.55 bits per heavy atom. The molecule has 2 rings (SSSR count). The molecular formula is C7H8O2S2. The minimum atomic E-state index is 0.194. The van der Waals surface area contributed by atoms with Crippen LogP contribution in [0.25, 0.3) is 0 Å². The summed E-state index contributed by atoms with van der Waals surface area (Å²) in [4.78, 5) is 1.17. The van der Waals surface area contributed by atoms with Gasteiger partial charge in [0.05, 0.1) is 16.8 Å². The van der Waals surface area contributed by atoms with Crippen LogP contribution < -0.4 is 4.74 Å². The number of thiophene rings is 1. The molecule has 1 aliphatic heterocycles. The van der Waals surface area contributed by atoms with Gasteiger partial charge in [0.1, 0.15) is 12.4 Å². The maximum atomic E-state index is 8.86. The number of ether oxygens (including phenoxy) is 1. The Kier molecular flexibility index (Phi) is 2.07. The molecule has 1 aliphatic rings. The lowest BCUT2D eigenvalue weighted by Crippen LogP contribution is -2.21. The average molecular weight is 188 g/mol. The molecule has 0 fully saturated rings. The molecule has 4 heteroatoms. The zero-order chi connectivity index (χ0) is 7.68. The summed E-state index contributed by atoms with van der Waals surface area (Å²) in [5.41, 5.74) is 0. The van der Waals surface area contributed by atoms with Gasteiger partial charge >= 0.3 is 0 Å². The second-order valence-electron chi connectivity index (χ2n) is 2.33. The summed E-state index contributed by atoms with van der Waals surface area (Å²) in [5, 5.41) is 13.1. The molecule has 0 saturated heterocycles. The van der Waals surface area contributed by atoms with Crippen LogP contribution in [0.4, 0.5) is 0 Å². The van der Waals surface area contributed by atoms with Gasteiger partial charge in [-0.3, -0.25) is 0 Å². The van der Waals surface area contributed by atoms with Crippen molar-refractivity contribution in [3.8, 4) is 5.75 Å². The number of hydrogen-bond acceptors (Lipinski definition) is 4. The largest absolute Gasteiger partial charge is 0.490 e. The van der Waals surface area contributed by atoms with Crippen LogP contribution in [0.15, 0.2) is 15.7 Å². The Balaban J connectivity index is 2.18. The van der Waals surface area contributed by atoms with Crippen molar-refractivity contribution in [3.05, 3.63) is 10.8 Å². The van der Waals surface area contributed by atoms with E-state index in [4.69, 9.17) is 9.84 Å². The van der Waals surface area contributed by atoms with Gasteiger partial charge in [0.2, 0.25) is 0 Å². The van der Waals surface area contributed by atoms with Crippen molar-refractivity contribution in [2.24, 2.45) is 0 Å². The van der Waals surface area contributed by atoms with Crippen LogP contribution in [-0.4, -0.2) is 23.6 Å². The molecule has 2 nitrogen and oxygen atoms in total. The highest BCUT2D eigenvalue weighted by Crippen LogP contribution is 2.39. The molecule has 0 amide bonds. The lowest BCUT2D eigenvalue weighted by Gasteiger charge is -2.20. The van der Waals surface area contributed by atoms with E-state index in [0.717, 1.165) is 5.75 Å². The van der Waals surface area contributed by atoms with E-state index in [1.165, 1.54) is 4.90 Å². The second-order valence-corrected chi connectivity index (χ2v) is 4.42.